The van der Waals surface area contributed by atoms with E-state index in [0.29, 0.717) is 0 Å². The van der Waals surface area contributed by atoms with Crippen LogP contribution in [0.2, 0.25) is 0 Å². The van der Waals surface area contributed by atoms with Crippen LogP contribution >= 0.6 is 0 Å². The molecule has 0 aromatic heterocycles. The van der Waals surface area contributed by atoms with Gasteiger partial charge in [-0.15, -0.1) is 0 Å². The smallest absolute Gasteiger partial charge is 0.317 e. The van der Waals surface area contributed by atoms with Crippen LogP contribution in [0.4, 0.5) is 16.2 Å². The molecule has 1 heterocycles. The fourth-order valence-electron chi connectivity index (χ4n) is 3.37. The highest BCUT2D eigenvalue weighted by Gasteiger charge is 2.20. The lowest BCUT2D eigenvalue weighted by Crippen LogP contribution is -2.52. The molecule has 2 amide bonds. The SMILES string of the molecule is CN(C)c1ccc(N2CCN(C(=O)NCCCc3ccccc3)CC2)cc1. The number of nitrogens with one attached hydrogen (secondary N) is 1. The Kier molecular flexibility index (Phi) is 6.58. The van der Waals surface area contributed by atoms with E-state index in [1.807, 2.05) is 25.1 Å². The predicted molar refractivity (Wildman–Crippen MR) is 113 cm³/mol. The first kappa shape index (κ1) is 19.1. The van der Waals surface area contributed by atoms with Crippen LogP contribution in [-0.4, -0.2) is 57.8 Å². The third-order valence-electron chi connectivity index (χ3n) is 5.06. The molecule has 0 aliphatic carbocycles. The molecule has 3 rings (SSSR count). The number of urea groups is 1. The van der Waals surface area contributed by atoms with E-state index in [4.69, 9.17) is 0 Å². The van der Waals surface area contributed by atoms with Crippen molar-refractivity contribution in [3.05, 3.63) is 60.2 Å². The third kappa shape index (κ3) is 5.39. The first-order valence-corrected chi connectivity index (χ1v) is 9.72. The van der Waals surface area contributed by atoms with E-state index in [1.54, 1.807) is 0 Å². The van der Waals surface area contributed by atoms with Crippen LogP contribution in [0, 0.1) is 0 Å². The Hall–Kier alpha value is -2.69. The van der Waals surface area contributed by atoms with E-state index in [0.717, 1.165) is 45.6 Å². The van der Waals surface area contributed by atoms with Gasteiger partial charge >= 0.3 is 6.03 Å². The molecule has 0 radical (unpaired) electrons. The number of benzene rings is 2. The van der Waals surface area contributed by atoms with Crippen LogP contribution in [0.25, 0.3) is 0 Å². The summed E-state index contributed by atoms with van der Waals surface area (Å²) in [7, 11) is 4.10. The molecule has 2 aromatic carbocycles. The maximum atomic E-state index is 12.4. The summed E-state index contributed by atoms with van der Waals surface area (Å²) in [5.74, 6) is 0. The van der Waals surface area contributed by atoms with E-state index in [9.17, 15) is 4.79 Å². The van der Waals surface area contributed by atoms with Gasteiger partial charge in [0.25, 0.3) is 0 Å². The Morgan fingerprint density at radius 2 is 1.63 bits per heavy atom. The Morgan fingerprint density at radius 1 is 0.963 bits per heavy atom. The molecule has 0 spiro atoms. The average molecular weight is 367 g/mol. The molecule has 0 bridgehead atoms. The van der Waals surface area contributed by atoms with E-state index >= 15 is 0 Å². The van der Waals surface area contributed by atoms with Gasteiger partial charge in [0.1, 0.15) is 0 Å². The van der Waals surface area contributed by atoms with Crippen molar-refractivity contribution in [2.24, 2.45) is 0 Å². The van der Waals surface area contributed by atoms with Gasteiger partial charge in [0.05, 0.1) is 0 Å². The first-order valence-electron chi connectivity index (χ1n) is 9.72. The standard InChI is InChI=1S/C22H30N4O/c1-24(2)20-10-12-21(13-11-20)25-15-17-26(18-16-25)22(27)23-14-6-9-19-7-4-3-5-8-19/h3-5,7-8,10-13H,6,9,14-18H2,1-2H3,(H,23,27). The van der Waals surface area contributed by atoms with Crippen molar-refractivity contribution in [3.63, 3.8) is 0 Å². The second kappa shape index (κ2) is 9.31. The van der Waals surface area contributed by atoms with Gasteiger partial charge in [0, 0.05) is 58.2 Å². The molecule has 1 saturated heterocycles. The van der Waals surface area contributed by atoms with Crippen molar-refractivity contribution in [2.75, 3.05) is 56.6 Å². The zero-order valence-corrected chi connectivity index (χ0v) is 16.4. The molecule has 2 aromatic rings. The van der Waals surface area contributed by atoms with Gasteiger partial charge in [-0.25, -0.2) is 4.79 Å². The van der Waals surface area contributed by atoms with Gasteiger partial charge < -0.3 is 20.0 Å². The highest BCUT2D eigenvalue weighted by molar-refractivity contribution is 5.74. The van der Waals surface area contributed by atoms with Crippen molar-refractivity contribution < 1.29 is 4.79 Å². The molecule has 1 aliphatic rings. The summed E-state index contributed by atoms with van der Waals surface area (Å²) < 4.78 is 0. The number of hydrogen-bond donors (Lipinski definition) is 1. The van der Waals surface area contributed by atoms with Gasteiger partial charge in [-0.1, -0.05) is 30.3 Å². The number of aryl methyl sites for hydroxylation is 1. The number of piperazine rings is 1. The largest absolute Gasteiger partial charge is 0.378 e. The van der Waals surface area contributed by atoms with Crippen LogP contribution in [0.3, 0.4) is 0 Å². The summed E-state index contributed by atoms with van der Waals surface area (Å²) in [5.41, 5.74) is 3.75. The summed E-state index contributed by atoms with van der Waals surface area (Å²) in [6.07, 6.45) is 1.96. The first-order chi connectivity index (χ1) is 13.1. The van der Waals surface area contributed by atoms with Crippen molar-refractivity contribution >= 4 is 17.4 Å². The van der Waals surface area contributed by atoms with Gasteiger partial charge in [-0.05, 0) is 42.7 Å². The summed E-state index contributed by atoms with van der Waals surface area (Å²) in [5, 5.41) is 3.06. The number of nitrogens with zero attached hydrogens (tertiary/aromatic N) is 3. The maximum Gasteiger partial charge on any atom is 0.317 e. The lowest BCUT2D eigenvalue weighted by Gasteiger charge is -2.36. The molecule has 1 fully saturated rings. The Morgan fingerprint density at radius 3 is 2.26 bits per heavy atom. The Balaban J connectivity index is 1.38. The van der Waals surface area contributed by atoms with Gasteiger partial charge in [-0.2, -0.15) is 0 Å². The van der Waals surface area contributed by atoms with Crippen molar-refractivity contribution in [2.45, 2.75) is 12.8 Å². The van der Waals surface area contributed by atoms with E-state index < -0.39 is 0 Å². The molecule has 1 aliphatic heterocycles. The molecule has 27 heavy (non-hydrogen) atoms. The third-order valence-corrected chi connectivity index (χ3v) is 5.06. The Bertz CT molecular complexity index is 707. The van der Waals surface area contributed by atoms with Crippen LogP contribution in [0.1, 0.15) is 12.0 Å². The number of rotatable bonds is 6. The summed E-state index contributed by atoms with van der Waals surface area (Å²) in [6.45, 7) is 4.00. The lowest BCUT2D eigenvalue weighted by molar-refractivity contribution is 0.194. The number of carbonyl (C=O) groups is 1. The van der Waals surface area contributed by atoms with Crippen LogP contribution < -0.4 is 15.1 Å². The minimum atomic E-state index is 0.0608. The van der Waals surface area contributed by atoms with Gasteiger partial charge in [0.15, 0.2) is 0 Å². The minimum absolute atomic E-state index is 0.0608. The maximum absolute atomic E-state index is 12.4. The van der Waals surface area contributed by atoms with Gasteiger partial charge in [-0.3, -0.25) is 0 Å². The Labute approximate surface area is 162 Å². The number of amides is 2. The monoisotopic (exact) mass is 366 g/mol. The zero-order chi connectivity index (χ0) is 19.1. The molecule has 0 saturated carbocycles. The van der Waals surface area contributed by atoms with Crippen LogP contribution in [-0.2, 0) is 6.42 Å². The average Bonchev–Trinajstić information content (AvgIpc) is 2.72. The second-order valence-electron chi connectivity index (χ2n) is 7.21. The van der Waals surface area contributed by atoms with E-state index in [-0.39, 0.29) is 6.03 Å². The fraction of sp³-hybridized carbons (Fsp3) is 0.409. The summed E-state index contributed by atoms with van der Waals surface area (Å²) in [4.78, 5) is 18.7. The molecule has 0 unspecified atom stereocenters. The molecule has 1 N–H and O–H groups in total. The van der Waals surface area contributed by atoms with Crippen molar-refractivity contribution in [1.29, 1.82) is 0 Å². The zero-order valence-electron chi connectivity index (χ0n) is 16.4. The normalized spacial score (nSPS) is 14.1. The predicted octanol–water partition coefficient (Wildman–Crippen LogP) is 3.22. The van der Waals surface area contributed by atoms with E-state index in [1.165, 1.54) is 16.9 Å². The molecular weight excluding hydrogens is 336 g/mol. The highest BCUT2D eigenvalue weighted by Crippen LogP contribution is 2.20. The number of anilines is 2. The topological polar surface area (TPSA) is 38.8 Å². The highest BCUT2D eigenvalue weighted by atomic mass is 16.2. The fourth-order valence-corrected chi connectivity index (χ4v) is 3.37. The molecule has 0 atom stereocenters. The molecule has 5 heteroatoms. The quantitative estimate of drug-likeness (QED) is 0.798. The molecular formula is C22H30N4O. The summed E-state index contributed by atoms with van der Waals surface area (Å²) >= 11 is 0. The van der Waals surface area contributed by atoms with Crippen LogP contribution in [0.15, 0.2) is 54.6 Å². The lowest BCUT2D eigenvalue weighted by atomic mass is 10.1. The van der Waals surface area contributed by atoms with Crippen LogP contribution in [0.5, 0.6) is 0 Å². The summed E-state index contributed by atoms with van der Waals surface area (Å²) in [6, 6.07) is 19.1. The minimum Gasteiger partial charge on any atom is -0.378 e. The van der Waals surface area contributed by atoms with Crippen molar-refractivity contribution in [3.8, 4) is 0 Å². The number of carbonyl (C=O) groups excluding carboxylic acids is 1. The second-order valence-corrected chi connectivity index (χ2v) is 7.21. The van der Waals surface area contributed by atoms with Crippen molar-refractivity contribution in [1.82, 2.24) is 10.2 Å². The number of hydrogen-bond acceptors (Lipinski definition) is 3. The van der Waals surface area contributed by atoms with Gasteiger partial charge in [0.2, 0.25) is 0 Å². The molecule has 144 valence electrons. The van der Waals surface area contributed by atoms with E-state index in [2.05, 4.69) is 63.6 Å². The molecule has 5 nitrogen and oxygen atoms in total.